The zero-order valence-electron chi connectivity index (χ0n) is 11.4. The first kappa shape index (κ1) is 12.7. The van der Waals surface area contributed by atoms with Gasteiger partial charge in [-0.1, -0.05) is 38.1 Å². The number of anilines is 1. The van der Waals surface area contributed by atoms with Gasteiger partial charge in [-0.3, -0.25) is 0 Å². The molecule has 0 radical (unpaired) electrons. The summed E-state index contributed by atoms with van der Waals surface area (Å²) in [4.78, 5) is 4.23. The van der Waals surface area contributed by atoms with Crippen molar-refractivity contribution in [3.8, 4) is 11.3 Å². The quantitative estimate of drug-likeness (QED) is 0.753. The summed E-state index contributed by atoms with van der Waals surface area (Å²) in [6.07, 6.45) is 0. The van der Waals surface area contributed by atoms with Gasteiger partial charge in [0.25, 0.3) is 6.01 Å². The molecule has 0 aliphatic carbocycles. The largest absolute Gasteiger partial charge is 0.423 e. The number of fused-ring (bicyclic) bond motifs is 1. The number of nitrogens with zero attached hydrogens (tertiary/aromatic N) is 1. The standard InChI is InChI=1S/C16H15FN2O/c1-9(2)14-15(20-16(18)19-14)12-7-8-13(17)11-6-4-3-5-10(11)12/h3-9H,1-2H3,(H2,18,19). The average molecular weight is 270 g/mol. The third-order valence-corrected chi connectivity index (χ3v) is 3.33. The highest BCUT2D eigenvalue weighted by molar-refractivity contribution is 5.96. The van der Waals surface area contributed by atoms with Gasteiger partial charge in [0.05, 0.1) is 5.69 Å². The third kappa shape index (κ3) is 1.93. The van der Waals surface area contributed by atoms with Gasteiger partial charge in [0.15, 0.2) is 5.76 Å². The summed E-state index contributed by atoms with van der Waals surface area (Å²) in [5.74, 6) is 0.548. The number of benzene rings is 2. The van der Waals surface area contributed by atoms with Gasteiger partial charge in [-0.2, -0.15) is 4.98 Å². The second-order valence-corrected chi connectivity index (χ2v) is 5.06. The minimum Gasteiger partial charge on any atom is -0.423 e. The van der Waals surface area contributed by atoms with Crippen LogP contribution in [0.25, 0.3) is 22.1 Å². The maximum Gasteiger partial charge on any atom is 0.292 e. The van der Waals surface area contributed by atoms with E-state index in [1.165, 1.54) is 6.07 Å². The van der Waals surface area contributed by atoms with Crippen LogP contribution in [0.4, 0.5) is 10.4 Å². The molecule has 2 N–H and O–H groups in total. The summed E-state index contributed by atoms with van der Waals surface area (Å²) in [7, 11) is 0. The van der Waals surface area contributed by atoms with Gasteiger partial charge >= 0.3 is 0 Å². The minimum atomic E-state index is -0.247. The number of aromatic nitrogens is 1. The molecule has 0 amide bonds. The molecule has 0 atom stereocenters. The number of nitrogen functional groups attached to an aromatic ring is 1. The van der Waals surface area contributed by atoms with Gasteiger partial charge in [0, 0.05) is 10.9 Å². The zero-order chi connectivity index (χ0) is 14.3. The van der Waals surface area contributed by atoms with E-state index in [1.54, 1.807) is 12.1 Å². The van der Waals surface area contributed by atoms with E-state index in [-0.39, 0.29) is 17.7 Å². The molecule has 2 aromatic carbocycles. The summed E-state index contributed by atoms with van der Waals surface area (Å²) in [6, 6.07) is 10.6. The molecule has 0 aliphatic rings. The van der Waals surface area contributed by atoms with Crippen molar-refractivity contribution >= 4 is 16.8 Å². The SMILES string of the molecule is CC(C)c1nc(N)oc1-c1ccc(F)c2ccccc12. The fourth-order valence-electron chi connectivity index (χ4n) is 2.39. The predicted octanol–water partition coefficient (Wildman–Crippen LogP) is 4.34. The van der Waals surface area contributed by atoms with Crippen molar-refractivity contribution in [2.24, 2.45) is 0 Å². The monoisotopic (exact) mass is 270 g/mol. The number of hydrogen-bond acceptors (Lipinski definition) is 3. The number of nitrogens with two attached hydrogens (primary N) is 1. The molecule has 0 aliphatic heterocycles. The Morgan fingerprint density at radius 3 is 2.50 bits per heavy atom. The normalized spacial score (nSPS) is 11.4. The molecule has 0 fully saturated rings. The third-order valence-electron chi connectivity index (χ3n) is 3.33. The predicted molar refractivity (Wildman–Crippen MR) is 77.9 cm³/mol. The molecule has 1 heterocycles. The zero-order valence-corrected chi connectivity index (χ0v) is 11.4. The molecule has 0 saturated carbocycles. The Balaban J connectivity index is 2.33. The summed E-state index contributed by atoms with van der Waals surface area (Å²) in [5.41, 5.74) is 7.28. The van der Waals surface area contributed by atoms with Crippen molar-refractivity contribution in [1.29, 1.82) is 0 Å². The van der Waals surface area contributed by atoms with Crippen LogP contribution in [-0.4, -0.2) is 4.98 Å². The van der Waals surface area contributed by atoms with Crippen molar-refractivity contribution in [3.05, 3.63) is 47.9 Å². The molecule has 3 nitrogen and oxygen atoms in total. The first-order chi connectivity index (χ1) is 9.58. The van der Waals surface area contributed by atoms with E-state index in [4.69, 9.17) is 10.2 Å². The van der Waals surface area contributed by atoms with E-state index < -0.39 is 0 Å². The van der Waals surface area contributed by atoms with Crippen LogP contribution in [0, 0.1) is 5.82 Å². The van der Waals surface area contributed by atoms with Gasteiger partial charge < -0.3 is 10.2 Å². The Hall–Kier alpha value is -2.36. The molecule has 4 heteroatoms. The fourth-order valence-corrected chi connectivity index (χ4v) is 2.39. The van der Waals surface area contributed by atoms with E-state index >= 15 is 0 Å². The molecule has 0 saturated heterocycles. The number of rotatable bonds is 2. The van der Waals surface area contributed by atoms with E-state index in [2.05, 4.69) is 4.98 Å². The Kier molecular flexibility index (Phi) is 2.93. The van der Waals surface area contributed by atoms with Crippen LogP contribution >= 0.6 is 0 Å². The van der Waals surface area contributed by atoms with Crippen LogP contribution < -0.4 is 5.73 Å². The number of halogens is 1. The fraction of sp³-hybridized carbons (Fsp3) is 0.188. The average Bonchev–Trinajstić information content (AvgIpc) is 2.82. The molecule has 3 aromatic rings. The Morgan fingerprint density at radius 2 is 1.80 bits per heavy atom. The molecular formula is C16H15FN2O. The van der Waals surface area contributed by atoms with Gasteiger partial charge in [-0.25, -0.2) is 4.39 Å². The lowest BCUT2D eigenvalue weighted by atomic mass is 9.98. The molecule has 3 rings (SSSR count). The smallest absolute Gasteiger partial charge is 0.292 e. The summed E-state index contributed by atoms with van der Waals surface area (Å²) in [5, 5.41) is 1.36. The lowest BCUT2D eigenvalue weighted by Gasteiger charge is -2.08. The summed E-state index contributed by atoms with van der Waals surface area (Å²) in [6.45, 7) is 4.04. The highest BCUT2D eigenvalue weighted by Gasteiger charge is 2.19. The number of hydrogen-bond donors (Lipinski definition) is 1. The molecule has 0 unspecified atom stereocenters. The highest BCUT2D eigenvalue weighted by Crippen LogP contribution is 2.36. The van der Waals surface area contributed by atoms with Crippen molar-refractivity contribution in [3.63, 3.8) is 0 Å². The second-order valence-electron chi connectivity index (χ2n) is 5.06. The molecule has 20 heavy (non-hydrogen) atoms. The van der Waals surface area contributed by atoms with E-state index in [1.807, 2.05) is 32.0 Å². The molecule has 0 spiro atoms. The summed E-state index contributed by atoms with van der Waals surface area (Å²) >= 11 is 0. The van der Waals surface area contributed by atoms with E-state index in [0.29, 0.717) is 11.1 Å². The molecular weight excluding hydrogens is 255 g/mol. The lowest BCUT2D eigenvalue weighted by molar-refractivity contribution is 0.592. The second kappa shape index (κ2) is 4.63. The van der Waals surface area contributed by atoms with Crippen molar-refractivity contribution in [2.75, 3.05) is 5.73 Å². The topological polar surface area (TPSA) is 52.0 Å². The van der Waals surface area contributed by atoms with E-state index in [0.717, 1.165) is 16.6 Å². The van der Waals surface area contributed by atoms with Gasteiger partial charge in [-0.15, -0.1) is 0 Å². The highest BCUT2D eigenvalue weighted by atomic mass is 19.1. The Labute approximate surface area is 116 Å². The van der Waals surface area contributed by atoms with E-state index in [9.17, 15) is 4.39 Å². The minimum absolute atomic E-state index is 0.136. The maximum absolute atomic E-state index is 13.9. The Morgan fingerprint density at radius 1 is 1.10 bits per heavy atom. The Bertz CT molecular complexity index is 777. The van der Waals surface area contributed by atoms with Crippen molar-refractivity contribution in [2.45, 2.75) is 19.8 Å². The van der Waals surface area contributed by atoms with Crippen LogP contribution in [0.5, 0.6) is 0 Å². The summed E-state index contributed by atoms with van der Waals surface area (Å²) < 4.78 is 19.4. The van der Waals surface area contributed by atoms with Crippen molar-refractivity contribution < 1.29 is 8.81 Å². The maximum atomic E-state index is 13.9. The van der Waals surface area contributed by atoms with Crippen LogP contribution in [0.2, 0.25) is 0 Å². The molecule has 102 valence electrons. The number of oxazole rings is 1. The first-order valence-electron chi connectivity index (χ1n) is 6.51. The van der Waals surface area contributed by atoms with Crippen LogP contribution in [0.15, 0.2) is 40.8 Å². The lowest BCUT2D eigenvalue weighted by Crippen LogP contribution is -1.92. The van der Waals surface area contributed by atoms with Crippen LogP contribution in [-0.2, 0) is 0 Å². The molecule has 1 aromatic heterocycles. The van der Waals surface area contributed by atoms with Gasteiger partial charge in [-0.05, 0) is 23.4 Å². The van der Waals surface area contributed by atoms with Gasteiger partial charge in [0.2, 0.25) is 0 Å². The first-order valence-corrected chi connectivity index (χ1v) is 6.51. The van der Waals surface area contributed by atoms with Crippen LogP contribution in [0.1, 0.15) is 25.5 Å². The van der Waals surface area contributed by atoms with Crippen molar-refractivity contribution in [1.82, 2.24) is 4.98 Å². The van der Waals surface area contributed by atoms with Crippen LogP contribution in [0.3, 0.4) is 0 Å². The van der Waals surface area contributed by atoms with Gasteiger partial charge in [0.1, 0.15) is 5.82 Å². The molecule has 0 bridgehead atoms.